The van der Waals surface area contributed by atoms with Crippen molar-refractivity contribution in [3.8, 4) is 5.69 Å². The van der Waals surface area contributed by atoms with Crippen LogP contribution in [0.3, 0.4) is 0 Å². The number of hydrogen-bond donors (Lipinski definition) is 1. The summed E-state index contributed by atoms with van der Waals surface area (Å²) >= 11 is 0. The molecular weight excluding hydrogens is 434 g/mol. The third kappa shape index (κ3) is 3.84. The number of rotatable bonds is 2. The van der Waals surface area contributed by atoms with E-state index in [0.29, 0.717) is 11.8 Å². The lowest BCUT2D eigenvalue weighted by atomic mass is 10.0. The first kappa shape index (κ1) is 20.8. The Hall–Kier alpha value is -4.07. The van der Waals surface area contributed by atoms with Crippen molar-refractivity contribution in [1.82, 2.24) is 9.47 Å². The van der Waals surface area contributed by atoms with Gasteiger partial charge in [-0.2, -0.15) is 0 Å². The molecule has 4 nitrogen and oxygen atoms in total. The zero-order valence-corrected chi connectivity index (χ0v) is 17.1. The third-order valence-corrected chi connectivity index (χ3v) is 5.60. The van der Waals surface area contributed by atoms with Crippen molar-refractivity contribution in [2.45, 2.75) is 12.6 Å². The van der Waals surface area contributed by atoms with Gasteiger partial charge in [0.2, 0.25) is 0 Å². The molecule has 2 amide bonds. The SMILES string of the molecule is O=C(Nc1ccc(F)cc1F)N1Cc2ccccc2-n2cccc2[C@@H]1c1cc(F)cc(F)c1. The van der Waals surface area contributed by atoms with Crippen LogP contribution in [-0.2, 0) is 6.54 Å². The number of amides is 2. The van der Waals surface area contributed by atoms with E-state index in [0.717, 1.165) is 29.4 Å². The van der Waals surface area contributed by atoms with E-state index in [1.54, 1.807) is 18.3 Å². The number of nitrogens with one attached hydrogen (secondary N) is 1. The van der Waals surface area contributed by atoms with Crippen LogP contribution >= 0.6 is 0 Å². The predicted octanol–water partition coefficient (Wildman–Crippen LogP) is 6.17. The zero-order valence-electron chi connectivity index (χ0n) is 17.1. The van der Waals surface area contributed by atoms with E-state index in [-0.39, 0.29) is 17.8 Å². The molecule has 8 heteroatoms. The molecule has 4 aromatic rings. The number of carbonyl (C=O) groups is 1. The Balaban J connectivity index is 1.65. The molecule has 0 radical (unpaired) electrons. The number of para-hydroxylation sites is 1. The highest BCUT2D eigenvalue weighted by atomic mass is 19.1. The first-order valence-electron chi connectivity index (χ1n) is 10.1. The number of benzene rings is 3. The summed E-state index contributed by atoms with van der Waals surface area (Å²) in [6.45, 7) is 0.0787. The molecule has 0 unspecified atom stereocenters. The molecule has 166 valence electrons. The topological polar surface area (TPSA) is 37.3 Å². The van der Waals surface area contributed by atoms with Crippen LogP contribution < -0.4 is 5.32 Å². The maximum atomic E-state index is 14.2. The molecule has 1 aliphatic rings. The van der Waals surface area contributed by atoms with Crippen LogP contribution in [0.4, 0.5) is 28.0 Å². The van der Waals surface area contributed by atoms with Crippen LogP contribution in [0.1, 0.15) is 22.9 Å². The van der Waals surface area contributed by atoms with Crippen molar-refractivity contribution in [3.05, 3.63) is 119 Å². The molecule has 33 heavy (non-hydrogen) atoms. The fraction of sp³-hybridized carbons (Fsp3) is 0.0800. The predicted molar refractivity (Wildman–Crippen MR) is 115 cm³/mol. The van der Waals surface area contributed by atoms with Crippen LogP contribution in [0.15, 0.2) is 79.0 Å². The molecule has 0 bridgehead atoms. The molecule has 3 aromatic carbocycles. The van der Waals surface area contributed by atoms with Gasteiger partial charge < -0.3 is 14.8 Å². The second-order valence-corrected chi connectivity index (χ2v) is 7.72. The Bertz CT molecular complexity index is 1350. The van der Waals surface area contributed by atoms with Gasteiger partial charge in [0.05, 0.1) is 24.0 Å². The zero-order chi connectivity index (χ0) is 23.1. The second kappa shape index (κ2) is 8.12. The van der Waals surface area contributed by atoms with Crippen LogP contribution in [0, 0.1) is 23.3 Å². The second-order valence-electron chi connectivity index (χ2n) is 7.72. The lowest BCUT2D eigenvalue weighted by Crippen LogP contribution is -2.38. The number of urea groups is 1. The number of fused-ring (bicyclic) bond motifs is 3. The minimum Gasteiger partial charge on any atom is -0.318 e. The lowest BCUT2D eigenvalue weighted by molar-refractivity contribution is 0.194. The van der Waals surface area contributed by atoms with Gasteiger partial charge in [0.1, 0.15) is 23.3 Å². The molecule has 2 heterocycles. The van der Waals surface area contributed by atoms with Crippen molar-refractivity contribution in [3.63, 3.8) is 0 Å². The van der Waals surface area contributed by atoms with E-state index in [1.165, 1.54) is 17.0 Å². The Morgan fingerprint density at radius 1 is 0.848 bits per heavy atom. The lowest BCUT2D eigenvalue weighted by Gasteiger charge is -2.31. The summed E-state index contributed by atoms with van der Waals surface area (Å²) in [5.41, 5.74) is 2.19. The summed E-state index contributed by atoms with van der Waals surface area (Å²) in [7, 11) is 0. The monoisotopic (exact) mass is 451 g/mol. The van der Waals surface area contributed by atoms with E-state index in [2.05, 4.69) is 5.32 Å². The summed E-state index contributed by atoms with van der Waals surface area (Å²) in [5, 5.41) is 2.47. The highest BCUT2D eigenvalue weighted by Gasteiger charge is 2.33. The minimum absolute atomic E-state index is 0.0787. The van der Waals surface area contributed by atoms with E-state index < -0.39 is 35.3 Å². The fourth-order valence-electron chi connectivity index (χ4n) is 4.20. The summed E-state index contributed by atoms with van der Waals surface area (Å²) in [5.74, 6) is -3.28. The van der Waals surface area contributed by atoms with Gasteiger partial charge in [-0.1, -0.05) is 18.2 Å². The largest absolute Gasteiger partial charge is 0.323 e. The highest BCUT2D eigenvalue weighted by Crippen LogP contribution is 2.37. The molecule has 1 atom stereocenters. The Morgan fingerprint density at radius 3 is 2.36 bits per heavy atom. The molecule has 5 rings (SSSR count). The van der Waals surface area contributed by atoms with Crippen LogP contribution in [-0.4, -0.2) is 15.5 Å². The minimum atomic E-state index is -0.935. The molecule has 0 spiro atoms. The van der Waals surface area contributed by atoms with Crippen molar-refractivity contribution in [2.75, 3.05) is 5.32 Å². The van der Waals surface area contributed by atoms with E-state index in [9.17, 15) is 22.4 Å². The molecule has 0 fully saturated rings. The van der Waals surface area contributed by atoms with Gasteiger partial charge in [-0.15, -0.1) is 0 Å². The normalized spacial score (nSPS) is 14.9. The Kier molecular flexibility index (Phi) is 5.12. The first-order chi connectivity index (χ1) is 15.9. The Morgan fingerprint density at radius 2 is 1.61 bits per heavy atom. The van der Waals surface area contributed by atoms with Crippen LogP contribution in [0.25, 0.3) is 5.69 Å². The number of aromatic nitrogens is 1. The van der Waals surface area contributed by atoms with Gasteiger partial charge in [0.25, 0.3) is 0 Å². The van der Waals surface area contributed by atoms with Gasteiger partial charge in [0.15, 0.2) is 0 Å². The maximum Gasteiger partial charge on any atom is 0.323 e. The molecule has 1 aromatic heterocycles. The van der Waals surface area contributed by atoms with Gasteiger partial charge in [0, 0.05) is 24.0 Å². The van der Waals surface area contributed by atoms with E-state index in [1.807, 2.05) is 28.8 Å². The number of nitrogens with zero attached hydrogens (tertiary/aromatic N) is 2. The maximum absolute atomic E-state index is 14.2. The Labute approximate surface area is 186 Å². The smallest absolute Gasteiger partial charge is 0.318 e. The van der Waals surface area contributed by atoms with Gasteiger partial charge in [-0.25, -0.2) is 22.4 Å². The number of halogens is 4. The number of carbonyl (C=O) groups excluding carboxylic acids is 1. The summed E-state index contributed by atoms with van der Waals surface area (Å²) in [6.07, 6.45) is 1.80. The van der Waals surface area contributed by atoms with Crippen LogP contribution in [0.5, 0.6) is 0 Å². The number of hydrogen-bond acceptors (Lipinski definition) is 1. The summed E-state index contributed by atoms with van der Waals surface area (Å²) < 4.78 is 57.7. The van der Waals surface area contributed by atoms with E-state index in [4.69, 9.17) is 0 Å². The van der Waals surface area contributed by atoms with Crippen molar-refractivity contribution >= 4 is 11.7 Å². The molecule has 1 aliphatic heterocycles. The van der Waals surface area contributed by atoms with Crippen molar-refractivity contribution in [2.24, 2.45) is 0 Å². The molecule has 0 saturated heterocycles. The summed E-state index contributed by atoms with van der Waals surface area (Å²) in [6, 6.07) is 15.2. The first-order valence-corrected chi connectivity index (χ1v) is 10.1. The van der Waals surface area contributed by atoms with Gasteiger partial charge in [-0.05, 0) is 53.6 Å². The molecule has 0 saturated carbocycles. The number of anilines is 1. The highest BCUT2D eigenvalue weighted by molar-refractivity contribution is 5.90. The molecule has 0 aliphatic carbocycles. The van der Waals surface area contributed by atoms with E-state index >= 15 is 0 Å². The van der Waals surface area contributed by atoms with Crippen molar-refractivity contribution in [1.29, 1.82) is 0 Å². The standard InChI is InChI=1S/C25H17F4N3O/c26-17-7-8-21(20(29)13-17)30-25(33)32-14-15-4-1-2-5-22(15)31-9-3-6-23(31)24(32)16-10-18(27)12-19(28)11-16/h1-13,24H,14H2,(H,30,33)/t24-/m0/s1. The average molecular weight is 451 g/mol. The van der Waals surface area contributed by atoms with Crippen molar-refractivity contribution < 1.29 is 22.4 Å². The quantitative estimate of drug-likeness (QED) is 0.364. The molecular formula is C25H17F4N3O. The van der Waals surface area contributed by atoms with Gasteiger partial charge >= 0.3 is 6.03 Å². The summed E-state index contributed by atoms with van der Waals surface area (Å²) in [4.78, 5) is 14.8. The average Bonchev–Trinajstić information content (AvgIpc) is 3.19. The van der Waals surface area contributed by atoms with Gasteiger partial charge in [-0.3, -0.25) is 0 Å². The van der Waals surface area contributed by atoms with Crippen LogP contribution in [0.2, 0.25) is 0 Å². The fourth-order valence-corrected chi connectivity index (χ4v) is 4.20. The third-order valence-electron chi connectivity index (χ3n) is 5.60. The molecule has 1 N–H and O–H groups in total.